The van der Waals surface area contributed by atoms with Crippen molar-refractivity contribution in [1.82, 2.24) is 0 Å². The van der Waals surface area contributed by atoms with E-state index in [1.807, 2.05) is 0 Å². The quantitative estimate of drug-likeness (QED) is 0.0232. The van der Waals surface area contributed by atoms with E-state index in [4.69, 9.17) is 24.8 Å². The predicted octanol–water partition coefficient (Wildman–Crippen LogP) is 11.8. The van der Waals surface area contributed by atoms with E-state index in [-0.39, 0.29) is 19.4 Å². The average molecular weight is 816 g/mol. The highest BCUT2D eigenvalue weighted by atomic mass is 31.2. The van der Waals surface area contributed by atoms with Gasteiger partial charge in [0.05, 0.1) is 13.2 Å². The summed E-state index contributed by atoms with van der Waals surface area (Å²) in [5.41, 5.74) is 5.33. The summed E-state index contributed by atoms with van der Waals surface area (Å²) in [6, 6.07) is -1.52. The number of hydrogen-bond donors (Lipinski definition) is 3. The Morgan fingerprint density at radius 1 is 0.536 bits per heavy atom. The minimum atomic E-state index is -4.72. The first kappa shape index (κ1) is 54.0. The van der Waals surface area contributed by atoms with Crippen molar-refractivity contribution in [2.24, 2.45) is 5.73 Å². The minimum absolute atomic E-state index is 0.151. The Morgan fingerprint density at radius 3 is 1.30 bits per heavy atom. The van der Waals surface area contributed by atoms with Crippen LogP contribution in [0.3, 0.4) is 0 Å². The van der Waals surface area contributed by atoms with Crippen LogP contribution in [0.2, 0.25) is 0 Å². The molecular weight excluding hydrogens is 733 g/mol. The highest BCUT2D eigenvalue weighted by molar-refractivity contribution is 7.47. The van der Waals surface area contributed by atoms with Crippen molar-refractivity contribution in [2.75, 3.05) is 19.8 Å². The second-order valence-electron chi connectivity index (χ2n) is 15.2. The van der Waals surface area contributed by atoms with Crippen LogP contribution in [-0.4, -0.2) is 59.9 Å². The molecule has 3 atom stereocenters. The predicted molar refractivity (Wildman–Crippen MR) is 226 cm³/mol. The summed E-state index contributed by atoms with van der Waals surface area (Å²) in [5.74, 6) is -2.39. The molecule has 328 valence electrons. The smallest absolute Gasteiger partial charge is 0.472 e. The van der Waals surface area contributed by atoms with Gasteiger partial charge in [0.2, 0.25) is 0 Å². The van der Waals surface area contributed by atoms with Crippen LogP contribution in [-0.2, 0) is 37.5 Å². The molecule has 0 aliphatic rings. The molecule has 0 rings (SSSR count). The summed E-state index contributed by atoms with van der Waals surface area (Å²) >= 11 is 0. The van der Waals surface area contributed by atoms with Crippen molar-refractivity contribution >= 4 is 25.7 Å². The lowest BCUT2D eigenvalue weighted by Gasteiger charge is -2.20. The van der Waals surface area contributed by atoms with Gasteiger partial charge >= 0.3 is 25.7 Å². The Kier molecular flexibility index (Phi) is 38.3. The van der Waals surface area contributed by atoms with Crippen molar-refractivity contribution in [3.05, 3.63) is 24.3 Å². The Morgan fingerprint density at radius 2 is 0.893 bits per heavy atom. The Balaban J connectivity index is 4.36. The number of hydrogen-bond acceptors (Lipinski definition) is 9. The summed E-state index contributed by atoms with van der Waals surface area (Å²) in [5, 5.41) is 8.89. The molecule has 0 fully saturated rings. The number of allylic oxidation sites excluding steroid dienone is 4. The van der Waals surface area contributed by atoms with Gasteiger partial charge in [-0.1, -0.05) is 154 Å². The molecule has 0 saturated carbocycles. The lowest BCUT2D eigenvalue weighted by Crippen LogP contribution is -2.34. The topological polar surface area (TPSA) is 172 Å². The van der Waals surface area contributed by atoms with Gasteiger partial charge in [0, 0.05) is 12.8 Å². The molecule has 12 heteroatoms. The molecule has 0 aromatic carbocycles. The fraction of sp³-hybridized carbons (Fsp3) is 0.841. The molecule has 11 nitrogen and oxygen atoms in total. The molecule has 0 aromatic heterocycles. The molecule has 0 aliphatic heterocycles. The molecule has 0 aliphatic carbocycles. The molecule has 0 amide bonds. The van der Waals surface area contributed by atoms with Crippen LogP contribution < -0.4 is 5.73 Å². The van der Waals surface area contributed by atoms with E-state index < -0.39 is 51.1 Å². The fourth-order valence-electron chi connectivity index (χ4n) is 6.11. The van der Waals surface area contributed by atoms with Gasteiger partial charge in [-0.05, 0) is 64.2 Å². The monoisotopic (exact) mass is 816 g/mol. The number of phosphoric acid groups is 1. The molecule has 0 radical (unpaired) electrons. The zero-order valence-electron chi connectivity index (χ0n) is 35.5. The third kappa shape index (κ3) is 38.8. The van der Waals surface area contributed by atoms with E-state index in [9.17, 15) is 23.8 Å². The van der Waals surface area contributed by atoms with Crippen molar-refractivity contribution in [3.8, 4) is 0 Å². The first-order valence-corrected chi connectivity index (χ1v) is 23.9. The van der Waals surface area contributed by atoms with Crippen LogP contribution in [0.25, 0.3) is 0 Å². The van der Waals surface area contributed by atoms with Crippen molar-refractivity contribution in [1.29, 1.82) is 0 Å². The first-order chi connectivity index (χ1) is 27.1. The number of carbonyl (C=O) groups is 3. The van der Waals surface area contributed by atoms with Gasteiger partial charge in [-0.25, -0.2) is 4.57 Å². The second-order valence-corrected chi connectivity index (χ2v) is 16.6. The van der Waals surface area contributed by atoms with E-state index in [2.05, 4.69) is 42.7 Å². The highest BCUT2D eigenvalue weighted by Gasteiger charge is 2.28. The molecule has 0 spiro atoms. The number of nitrogens with two attached hydrogens (primary N) is 1. The molecule has 0 aromatic rings. The lowest BCUT2D eigenvalue weighted by atomic mass is 10.1. The van der Waals surface area contributed by atoms with Gasteiger partial charge in [0.1, 0.15) is 12.6 Å². The zero-order chi connectivity index (χ0) is 41.4. The van der Waals surface area contributed by atoms with Crippen molar-refractivity contribution in [2.45, 2.75) is 219 Å². The SMILES string of the molecule is CCCCCCCCC/C=C\CCCCCCCC(=O)OCC(COP(=O)(O)OCC(N)C(=O)O)OC(=O)CCCCCCC/C=C\CCCCCCCCC. The van der Waals surface area contributed by atoms with Crippen LogP contribution in [0, 0.1) is 0 Å². The van der Waals surface area contributed by atoms with Gasteiger partial charge < -0.3 is 25.2 Å². The van der Waals surface area contributed by atoms with E-state index in [1.165, 1.54) is 89.9 Å². The maximum absolute atomic E-state index is 12.6. The number of phosphoric ester groups is 1. The molecule has 0 heterocycles. The highest BCUT2D eigenvalue weighted by Crippen LogP contribution is 2.43. The fourth-order valence-corrected chi connectivity index (χ4v) is 6.89. The number of aliphatic carboxylic acids is 1. The summed E-state index contributed by atoms with van der Waals surface area (Å²) in [4.78, 5) is 46.0. The summed E-state index contributed by atoms with van der Waals surface area (Å²) in [6.45, 7) is 2.79. The number of esters is 2. The van der Waals surface area contributed by atoms with Crippen LogP contribution in [0.4, 0.5) is 0 Å². The minimum Gasteiger partial charge on any atom is -0.480 e. The molecule has 0 saturated heterocycles. The van der Waals surface area contributed by atoms with Gasteiger partial charge in [0.25, 0.3) is 0 Å². The van der Waals surface area contributed by atoms with Crippen LogP contribution >= 0.6 is 7.82 Å². The maximum Gasteiger partial charge on any atom is 0.472 e. The molecule has 3 unspecified atom stereocenters. The maximum atomic E-state index is 12.6. The third-order valence-corrected chi connectivity index (χ3v) is 10.6. The number of carbonyl (C=O) groups excluding carboxylic acids is 2. The van der Waals surface area contributed by atoms with E-state index in [1.54, 1.807) is 0 Å². The Hall–Kier alpha value is -2.04. The molecular formula is C44H82NO10P. The summed E-state index contributed by atoms with van der Waals surface area (Å²) in [6.07, 6.45) is 40.9. The van der Waals surface area contributed by atoms with E-state index in [0.717, 1.165) is 77.0 Å². The number of unbranched alkanes of at least 4 members (excludes halogenated alkanes) is 24. The second kappa shape index (κ2) is 39.8. The van der Waals surface area contributed by atoms with Crippen LogP contribution in [0.15, 0.2) is 24.3 Å². The van der Waals surface area contributed by atoms with Gasteiger partial charge in [0.15, 0.2) is 6.10 Å². The molecule has 0 bridgehead atoms. The largest absolute Gasteiger partial charge is 0.480 e. The number of carboxylic acids is 1. The molecule has 4 N–H and O–H groups in total. The van der Waals surface area contributed by atoms with Crippen LogP contribution in [0.1, 0.15) is 206 Å². The third-order valence-electron chi connectivity index (χ3n) is 9.67. The number of carboxylic acid groups (broad SMARTS) is 1. The van der Waals surface area contributed by atoms with Gasteiger partial charge in [-0.3, -0.25) is 23.4 Å². The van der Waals surface area contributed by atoms with Crippen LogP contribution in [0.5, 0.6) is 0 Å². The summed E-state index contributed by atoms with van der Waals surface area (Å²) in [7, 11) is -4.72. The summed E-state index contributed by atoms with van der Waals surface area (Å²) < 4.78 is 32.7. The number of rotatable bonds is 42. The van der Waals surface area contributed by atoms with Crippen molar-refractivity contribution in [3.63, 3.8) is 0 Å². The van der Waals surface area contributed by atoms with E-state index in [0.29, 0.717) is 12.8 Å². The van der Waals surface area contributed by atoms with Gasteiger partial charge in [-0.15, -0.1) is 0 Å². The Labute approximate surface area is 340 Å². The molecule has 56 heavy (non-hydrogen) atoms. The van der Waals surface area contributed by atoms with Gasteiger partial charge in [-0.2, -0.15) is 0 Å². The Bertz CT molecular complexity index is 1050. The lowest BCUT2D eigenvalue weighted by molar-refractivity contribution is -0.161. The normalized spacial score (nSPS) is 13.9. The average Bonchev–Trinajstić information content (AvgIpc) is 3.17. The zero-order valence-corrected chi connectivity index (χ0v) is 36.4. The number of ether oxygens (including phenoxy) is 2. The van der Waals surface area contributed by atoms with Crippen molar-refractivity contribution < 1.29 is 47.5 Å². The standard InChI is InChI=1S/C44H82NO10P/c1-3-5-7-9-11-13-15-17-19-21-23-25-27-29-31-33-35-42(46)52-37-40(38-53-56(50,51)54-39-41(45)44(48)49)55-43(47)36-34-32-30-28-26-24-22-20-18-16-14-12-10-8-6-4-2/h19-22,40-41H,3-18,23-39,45H2,1-2H3,(H,48,49)(H,50,51)/b21-19-,22-20-. The van der Waals surface area contributed by atoms with E-state index >= 15 is 0 Å². The first-order valence-electron chi connectivity index (χ1n) is 22.4.